The molecule has 88 valence electrons. The van der Waals surface area contributed by atoms with Gasteiger partial charge in [0.1, 0.15) is 12.2 Å². The summed E-state index contributed by atoms with van der Waals surface area (Å²) in [5.74, 6) is -0.736. The molecule has 17 heavy (non-hydrogen) atoms. The van der Waals surface area contributed by atoms with Gasteiger partial charge in [0.25, 0.3) is 5.56 Å². The molecule has 0 radical (unpaired) electrons. The van der Waals surface area contributed by atoms with E-state index in [9.17, 15) is 9.59 Å². The van der Waals surface area contributed by atoms with Crippen LogP contribution in [-0.2, 0) is 18.3 Å². The molecule has 1 N–H and O–H groups in total. The average Bonchev–Trinajstić information content (AvgIpc) is 2.24. The fraction of sp³-hybridized carbons (Fsp3) is 0.250. The predicted molar refractivity (Wildman–Crippen MR) is 63.1 cm³/mol. The highest BCUT2D eigenvalue weighted by atomic mass is 16.4. The van der Waals surface area contributed by atoms with Crippen LogP contribution in [0.1, 0.15) is 11.4 Å². The Bertz CT molecular complexity index is 659. The van der Waals surface area contributed by atoms with E-state index in [1.807, 2.05) is 13.0 Å². The predicted octanol–water partition coefficient (Wildman–Crippen LogP) is 0.869. The van der Waals surface area contributed by atoms with E-state index in [1.165, 1.54) is 11.6 Å². The molecule has 0 spiro atoms. The van der Waals surface area contributed by atoms with Crippen molar-refractivity contribution in [2.75, 3.05) is 0 Å². The maximum absolute atomic E-state index is 12.0. The van der Waals surface area contributed by atoms with Gasteiger partial charge in [0.05, 0.1) is 10.9 Å². The Kier molecular flexibility index (Phi) is 2.67. The molecule has 0 unspecified atom stereocenters. The molecule has 1 aromatic carbocycles. The molecular weight excluding hydrogens is 220 g/mol. The van der Waals surface area contributed by atoms with Gasteiger partial charge in [-0.05, 0) is 24.6 Å². The molecular formula is C12H12N2O3. The van der Waals surface area contributed by atoms with Crippen molar-refractivity contribution in [1.82, 2.24) is 9.55 Å². The monoisotopic (exact) mass is 232 g/mol. The largest absolute Gasteiger partial charge is 0.481 e. The molecule has 0 bridgehead atoms. The van der Waals surface area contributed by atoms with Crippen LogP contribution in [0, 0.1) is 6.92 Å². The fourth-order valence-corrected chi connectivity index (χ4v) is 1.72. The van der Waals surface area contributed by atoms with Gasteiger partial charge >= 0.3 is 5.97 Å². The van der Waals surface area contributed by atoms with Crippen LogP contribution in [-0.4, -0.2) is 20.6 Å². The lowest BCUT2D eigenvalue weighted by Gasteiger charge is -2.07. The molecule has 1 aromatic heterocycles. The Morgan fingerprint density at radius 1 is 1.47 bits per heavy atom. The van der Waals surface area contributed by atoms with Crippen molar-refractivity contribution in [3.8, 4) is 0 Å². The van der Waals surface area contributed by atoms with Crippen LogP contribution in [0.2, 0.25) is 0 Å². The summed E-state index contributed by atoms with van der Waals surface area (Å²) >= 11 is 0. The quantitative estimate of drug-likeness (QED) is 0.833. The van der Waals surface area contributed by atoms with Crippen LogP contribution in [0.3, 0.4) is 0 Å². The van der Waals surface area contributed by atoms with Crippen molar-refractivity contribution < 1.29 is 9.90 Å². The van der Waals surface area contributed by atoms with Crippen LogP contribution >= 0.6 is 0 Å². The van der Waals surface area contributed by atoms with Gasteiger partial charge in [-0.25, -0.2) is 4.98 Å². The van der Waals surface area contributed by atoms with E-state index in [0.29, 0.717) is 10.9 Å². The van der Waals surface area contributed by atoms with Gasteiger partial charge in [0.2, 0.25) is 0 Å². The molecule has 5 heteroatoms. The van der Waals surface area contributed by atoms with Crippen LogP contribution in [0.25, 0.3) is 10.9 Å². The second-order valence-corrected chi connectivity index (χ2v) is 3.98. The zero-order valence-corrected chi connectivity index (χ0v) is 9.60. The van der Waals surface area contributed by atoms with Gasteiger partial charge in [0, 0.05) is 7.05 Å². The van der Waals surface area contributed by atoms with Gasteiger partial charge in [-0.15, -0.1) is 0 Å². The van der Waals surface area contributed by atoms with E-state index in [0.717, 1.165) is 5.56 Å². The molecule has 1 heterocycles. The fourth-order valence-electron chi connectivity index (χ4n) is 1.72. The standard InChI is InChI=1S/C12H12N2O3/c1-7-3-4-8-9(5-7)13-10(6-11(15)16)14(2)12(8)17/h3-5H,6H2,1-2H3,(H,15,16). The molecule has 0 aliphatic rings. The summed E-state index contributed by atoms with van der Waals surface area (Å²) in [6, 6.07) is 5.33. The maximum Gasteiger partial charge on any atom is 0.311 e. The molecule has 0 aliphatic carbocycles. The summed E-state index contributed by atoms with van der Waals surface area (Å²) in [5, 5.41) is 9.26. The molecule has 0 aliphatic heterocycles. The van der Waals surface area contributed by atoms with E-state index >= 15 is 0 Å². The van der Waals surface area contributed by atoms with Gasteiger partial charge in [-0.3, -0.25) is 14.2 Å². The summed E-state index contributed by atoms with van der Waals surface area (Å²) in [6.45, 7) is 1.90. The molecule has 0 fully saturated rings. The molecule has 0 amide bonds. The Balaban J connectivity index is 2.75. The lowest BCUT2D eigenvalue weighted by atomic mass is 10.1. The zero-order valence-electron chi connectivity index (χ0n) is 9.60. The Morgan fingerprint density at radius 3 is 2.82 bits per heavy atom. The van der Waals surface area contributed by atoms with Crippen molar-refractivity contribution >= 4 is 16.9 Å². The van der Waals surface area contributed by atoms with E-state index in [2.05, 4.69) is 4.98 Å². The number of aromatic nitrogens is 2. The molecule has 0 saturated carbocycles. The SMILES string of the molecule is Cc1ccc2c(=O)n(C)c(CC(=O)O)nc2c1. The number of carboxylic acid groups (broad SMARTS) is 1. The second kappa shape index (κ2) is 4.01. The number of carbonyl (C=O) groups is 1. The minimum atomic E-state index is -1.00. The highest BCUT2D eigenvalue weighted by Gasteiger charge is 2.10. The number of aliphatic carboxylic acids is 1. The minimum Gasteiger partial charge on any atom is -0.481 e. The normalized spacial score (nSPS) is 10.7. The Hall–Kier alpha value is -2.17. The number of benzene rings is 1. The lowest BCUT2D eigenvalue weighted by molar-refractivity contribution is -0.136. The van der Waals surface area contributed by atoms with Gasteiger partial charge in [-0.1, -0.05) is 6.07 Å². The number of rotatable bonds is 2. The molecule has 5 nitrogen and oxygen atoms in total. The summed E-state index contributed by atoms with van der Waals surface area (Å²) in [4.78, 5) is 26.9. The van der Waals surface area contributed by atoms with E-state index in [4.69, 9.17) is 5.11 Å². The highest BCUT2D eigenvalue weighted by molar-refractivity contribution is 5.79. The lowest BCUT2D eigenvalue weighted by Crippen LogP contribution is -2.24. The number of hydrogen-bond donors (Lipinski definition) is 1. The first-order valence-corrected chi connectivity index (χ1v) is 5.17. The molecule has 0 atom stereocenters. The van der Waals surface area contributed by atoms with Crippen LogP contribution in [0.5, 0.6) is 0 Å². The van der Waals surface area contributed by atoms with Crippen molar-refractivity contribution in [2.24, 2.45) is 7.05 Å². The van der Waals surface area contributed by atoms with Crippen LogP contribution < -0.4 is 5.56 Å². The van der Waals surface area contributed by atoms with Gasteiger partial charge in [-0.2, -0.15) is 0 Å². The first-order chi connectivity index (χ1) is 7.99. The Labute approximate surface area is 97.3 Å². The molecule has 2 rings (SSSR count). The molecule has 0 saturated heterocycles. The first kappa shape index (κ1) is 11.3. The topological polar surface area (TPSA) is 72.2 Å². The summed E-state index contributed by atoms with van der Waals surface area (Å²) in [7, 11) is 1.53. The van der Waals surface area contributed by atoms with Gasteiger partial charge in [0.15, 0.2) is 0 Å². The highest BCUT2D eigenvalue weighted by Crippen LogP contribution is 2.10. The number of nitrogens with zero attached hydrogens (tertiary/aromatic N) is 2. The number of fused-ring (bicyclic) bond motifs is 1. The third-order valence-electron chi connectivity index (χ3n) is 2.63. The van der Waals surface area contributed by atoms with Crippen molar-refractivity contribution in [3.63, 3.8) is 0 Å². The number of carboxylic acids is 1. The minimum absolute atomic E-state index is 0.216. The smallest absolute Gasteiger partial charge is 0.311 e. The molecule has 2 aromatic rings. The maximum atomic E-state index is 12.0. The van der Waals surface area contributed by atoms with Crippen LogP contribution in [0.15, 0.2) is 23.0 Å². The van der Waals surface area contributed by atoms with Crippen molar-refractivity contribution in [3.05, 3.63) is 39.9 Å². The van der Waals surface area contributed by atoms with Gasteiger partial charge < -0.3 is 5.11 Å². The Morgan fingerprint density at radius 2 is 2.18 bits per heavy atom. The zero-order chi connectivity index (χ0) is 12.6. The van der Waals surface area contributed by atoms with Crippen molar-refractivity contribution in [2.45, 2.75) is 13.3 Å². The van der Waals surface area contributed by atoms with Crippen molar-refractivity contribution in [1.29, 1.82) is 0 Å². The van der Waals surface area contributed by atoms with Crippen LogP contribution in [0.4, 0.5) is 0 Å². The summed E-state index contributed by atoms with van der Waals surface area (Å²) in [5.41, 5.74) is 1.31. The van der Waals surface area contributed by atoms with E-state index in [1.54, 1.807) is 12.1 Å². The third-order valence-corrected chi connectivity index (χ3v) is 2.63. The third kappa shape index (κ3) is 2.04. The average molecular weight is 232 g/mol. The number of hydrogen-bond acceptors (Lipinski definition) is 3. The van der Waals surface area contributed by atoms with E-state index < -0.39 is 5.97 Å². The second-order valence-electron chi connectivity index (χ2n) is 3.98. The summed E-state index contributed by atoms with van der Waals surface area (Å²) < 4.78 is 1.28. The number of aryl methyl sites for hydroxylation is 1. The first-order valence-electron chi connectivity index (χ1n) is 5.17. The summed E-state index contributed by atoms with van der Waals surface area (Å²) in [6.07, 6.45) is -0.254. The van der Waals surface area contributed by atoms with E-state index in [-0.39, 0.29) is 17.8 Å².